The lowest BCUT2D eigenvalue weighted by atomic mass is 10.2. The Morgan fingerprint density at radius 3 is 2.55 bits per heavy atom. The summed E-state index contributed by atoms with van der Waals surface area (Å²) in [6, 6.07) is 19.7. The first-order valence-electron chi connectivity index (χ1n) is 12.0. The minimum absolute atomic E-state index is 0.0127. The molecule has 1 aliphatic heterocycles. The predicted octanol–water partition coefficient (Wildman–Crippen LogP) is 6.49. The molecule has 1 N–H and O–H groups in total. The van der Waals surface area contributed by atoms with Gasteiger partial charge in [0.2, 0.25) is 11.8 Å². The zero-order valence-electron chi connectivity index (χ0n) is 20.7. The third kappa shape index (κ3) is 6.44. The summed E-state index contributed by atoms with van der Waals surface area (Å²) < 4.78 is 15.0. The van der Waals surface area contributed by atoms with Gasteiger partial charge in [-0.3, -0.25) is 23.9 Å². The Balaban J connectivity index is 1.27. The standard InChI is InChI=1S/C28H20ClFN4O3S3/c29-18-7-11-20(12-8-18)31-24(35)16-39-27-32-21-3-1-2-4-22(21)34(27)25(36)13-14-33-26(37)23(40-28(33)38)15-17-5-9-19(30)10-6-17/h1-12,15H,13-14,16H2,(H,31,35)/b23-15+. The number of carbonyl (C=O) groups is 3. The van der Waals surface area contributed by atoms with Crippen LogP contribution in [0, 0.1) is 5.82 Å². The number of rotatable bonds is 8. The molecule has 202 valence electrons. The third-order valence-electron chi connectivity index (χ3n) is 5.83. The second-order valence-electron chi connectivity index (χ2n) is 8.59. The van der Waals surface area contributed by atoms with Crippen molar-refractivity contribution in [2.24, 2.45) is 0 Å². The summed E-state index contributed by atoms with van der Waals surface area (Å²) in [6.45, 7) is 0.0813. The molecule has 4 aromatic rings. The maximum atomic E-state index is 13.4. The molecule has 1 aliphatic rings. The Kier molecular flexibility index (Phi) is 8.65. The number of nitrogens with zero attached hydrogens (tertiary/aromatic N) is 3. The molecule has 1 fully saturated rings. The topological polar surface area (TPSA) is 84.3 Å². The van der Waals surface area contributed by atoms with Gasteiger partial charge >= 0.3 is 0 Å². The van der Waals surface area contributed by atoms with Crippen molar-refractivity contribution in [3.63, 3.8) is 0 Å². The molecule has 0 radical (unpaired) electrons. The van der Waals surface area contributed by atoms with Crippen LogP contribution in [-0.4, -0.2) is 48.8 Å². The maximum Gasteiger partial charge on any atom is 0.266 e. The smallest absolute Gasteiger partial charge is 0.266 e. The van der Waals surface area contributed by atoms with E-state index in [1.165, 1.54) is 21.6 Å². The number of fused-ring (bicyclic) bond motifs is 1. The summed E-state index contributed by atoms with van der Waals surface area (Å²) in [5.41, 5.74) is 2.50. The molecule has 0 bridgehead atoms. The van der Waals surface area contributed by atoms with Crippen LogP contribution in [0.15, 0.2) is 82.9 Å². The second-order valence-corrected chi connectivity index (χ2v) is 11.6. The zero-order valence-corrected chi connectivity index (χ0v) is 23.9. The van der Waals surface area contributed by atoms with Crippen LogP contribution in [0.3, 0.4) is 0 Å². The number of carbonyl (C=O) groups excluding carboxylic acids is 3. The number of hydrogen-bond donors (Lipinski definition) is 1. The van der Waals surface area contributed by atoms with Crippen LogP contribution >= 0.6 is 47.3 Å². The summed E-state index contributed by atoms with van der Waals surface area (Å²) in [5, 5.41) is 3.73. The van der Waals surface area contributed by atoms with Crippen molar-refractivity contribution in [1.82, 2.24) is 14.5 Å². The van der Waals surface area contributed by atoms with Crippen molar-refractivity contribution in [2.45, 2.75) is 11.6 Å². The average molecular weight is 611 g/mol. The first kappa shape index (κ1) is 28.0. The fraction of sp³-hybridized carbons (Fsp3) is 0.107. The molecular formula is C28H20ClFN4O3S3. The number of aromatic nitrogens is 2. The lowest BCUT2D eigenvalue weighted by molar-refractivity contribution is -0.122. The van der Waals surface area contributed by atoms with Gasteiger partial charge in [0.15, 0.2) is 5.16 Å². The third-order valence-corrected chi connectivity index (χ3v) is 8.40. The van der Waals surface area contributed by atoms with E-state index in [9.17, 15) is 18.8 Å². The Morgan fingerprint density at radius 2 is 1.80 bits per heavy atom. The van der Waals surface area contributed by atoms with E-state index in [1.807, 2.05) is 6.07 Å². The van der Waals surface area contributed by atoms with Crippen LogP contribution in [-0.2, 0) is 9.59 Å². The molecule has 0 unspecified atom stereocenters. The monoisotopic (exact) mass is 610 g/mol. The fourth-order valence-corrected chi connectivity index (χ4v) is 6.18. The number of thioether (sulfide) groups is 2. The lowest BCUT2D eigenvalue weighted by Crippen LogP contribution is -2.31. The molecule has 1 saturated heterocycles. The molecule has 40 heavy (non-hydrogen) atoms. The van der Waals surface area contributed by atoms with Gasteiger partial charge in [0.1, 0.15) is 10.1 Å². The van der Waals surface area contributed by atoms with E-state index in [1.54, 1.807) is 60.7 Å². The minimum atomic E-state index is -0.366. The lowest BCUT2D eigenvalue weighted by Gasteiger charge is -2.15. The van der Waals surface area contributed by atoms with Crippen molar-refractivity contribution in [3.05, 3.63) is 94.1 Å². The fourth-order valence-electron chi connectivity index (χ4n) is 3.92. The number of nitrogens with one attached hydrogen (secondary N) is 1. The summed E-state index contributed by atoms with van der Waals surface area (Å²) >= 11 is 13.6. The molecule has 0 spiro atoms. The number of benzene rings is 3. The molecule has 2 heterocycles. The van der Waals surface area contributed by atoms with Gasteiger partial charge in [0.05, 0.1) is 21.7 Å². The molecule has 3 aromatic carbocycles. The highest BCUT2D eigenvalue weighted by molar-refractivity contribution is 8.26. The Bertz CT molecular complexity index is 1660. The predicted molar refractivity (Wildman–Crippen MR) is 162 cm³/mol. The van der Waals surface area contributed by atoms with Crippen molar-refractivity contribution in [3.8, 4) is 0 Å². The molecule has 0 aliphatic carbocycles. The van der Waals surface area contributed by atoms with E-state index in [0.717, 1.165) is 23.5 Å². The highest BCUT2D eigenvalue weighted by Gasteiger charge is 2.32. The summed E-state index contributed by atoms with van der Waals surface area (Å²) in [5.74, 6) is -1.19. The molecule has 0 saturated carbocycles. The zero-order chi connectivity index (χ0) is 28.2. The van der Waals surface area contributed by atoms with E-state index in [0.29, 0.717) is 41.7 Å². The molecule has 12 heteroatoms. The van der Waals surface area contributed by atoms with Crippen LogP contribution in [0.4, 0.5) is 10.1 Å². The Hall–Kier alpha value is -3.51. The van der Waals surface area contributed by atoms with Gasteiger partial charge in [-0.1, -0.05) is 71.6 Å². The number of anilines is 1. The Morgan fingerprint density at radius 1 is 1.07 bits per heavy atom. The van der Waals surface area contributed by atoms with Gasteiger partial charge in [-0.2, -0.15) is 0 Å². The molecule has 1 aromatic heterocycles. The molecule has 5 rings (SSSR count). The summed E-state index contributed by atoms with van der Waals surface area (Å²) in [6.07, 6.45) is 1.63. The number of thiocarbonyl (C=S) groups is 1. The largest absolute Gasteiger partial charge is 0.325 e. The van der Waals surface area contributed by atoms with E-state index in [-0.39, 0.29) is 42.3 Å². The van der Waals surface area contributed by atoms with Crippen LogP contribution in [0.5, 0.6) is 0 Å². The normalized spacial score (nSPS) is 14.3. The molecule has 2 amide bonds. The van der Waals surface area contributed by atoms with Crippen LogP contribution in [0.1, 0.15) is 16.8 Å². The highest BCUT2D eigenvalue weighted by atomic mass is 35.5. The van der Waals surface area contributed by atoms with Crippen molar-refractivity contribution in [1.29, 1.82) is 0 Å². The number of para-hydroxylation sites is 2. The number of hydrogen-bond acceptors (Lipinski definition) is 7. The second kappa shape index (κ2) is 12.3. The van der Waals surface area contributed by atoms with Gasteiger partial charge < -0.3 is 5.32 Å². The van der Waals surface area contributed by atoms with Crippen LogP contribution in [0.2, 0.25) is 5.02 Å². The minimum Gasteiger partial charge on any atom is -0.325 e. The highest BCUT2D eigenvalue weighted by Crippen LogP contribution is 2.33. The van der Waals surface area contributed by atoms with E-state index < -0.39 is 0 Å². The Labute approximate surface area is 247 Å². The number of imidazole rings is 1. The molecule has 7 nitrogen and oxygen atoms in total. The van der Waals surface area contributed by atoms with Crippen LogP contribution in [0.25, 0.3) is 17.1 Å². The molecular weight excluding hydrogens is 591 g/mol. The van der Waals surface area contributed by atoms with Gasteiger partial charge in [-0.15, -0.1) is 0 Å². The van der Waals surface area contributed by atoms with Gasteiger partial charge in [0.25, 0.3) is 5.91 Å². The summed E-state index contributed by atoms with van der Waals surface area (Å²) in [4.78, 5) is 45.3. The van der Waals surface area contributed by atoms with Crippen molar-refractivity contribution in [2.75, 3.05) is 17.6 Å². The van der Waals surface area contributed by atoms with E-state index in [4.69, 9.17) is 23.8 Å². The van der Waals surface area contributed by atoms with Gasteiger partial charge in [0, 0.05) is 23.7 Å². The van der Waals surface area contributed by atoms with Gasteiger partial charge in [-0.05, 0) is 60.2 Å². The molecule has 0 atom stereocenters. The van der Waals surface area contributed by atoms with E-state index >= 15 is 0 Å². The average Bonchev–Trinajstić information content (AvgIpc) is 3.44. The first-order chi connectivity index (χ1) is 19.3. The number of amides is 2. The van der Waals surface area contributed by atoms with Crippen molar-refractivity contribution < 1.29 is 18.8 Å². The van der Waals surface area contributed by atoms with E-state index in [2.05, 4.69) is 10.3 Å². The van der Waals surface area contributed by atoms with Crippen LogP contribution < -0.4 is 5.32 Å². The first-order valence-corrected chi connectivity index (χ1v) is 14.6. The quantitative estimate of drug-likeness (QED) is 0.139. The number of halogens is 2. The summed E-state index contributed by atoms with van der Waals surface area (Å²) in [7, 11) is 0. The van der Waals surface area contributed by atoms with Gasteiger partial charge in [-0.25, -0.2) is 9.37 Å². The SMILES string of the molecule is O=C(CSc1nc2ccccc2n1C(=O)CCN1C(=O)/C(=C\c2ccc(F)cc2)SC1=S)Nc1ccc(Cl)cc1. The van der Waals surface area contributed by atoms with Crippen molar-refractivity contribution >= 4 is 92.2 Å². The maximum absolute atomic E-state index is 13.4.